The fourth-order valence-corrected chi connectivity index (χ4v) is 2.30. The van der Waals surface area contributed by atoms with Crippen molar-refractivity contribution in [3.63, 3.8) is 0 Å². The molecule has 1 aliphatic rings. The van der Waals surface area contributed by atoms with Crippen LogP contribution in [0.1, 0.15) is 24.2 Å². The maximum absolute atomic E-state index is 11.2. The number of carboxylic acids is 1. The van der Waals surface area contributed by atoms with Gasteiger partial charge < -0.3 is 14.7 Å². The fourth-order valence-electron chi connectivity index (χ4n) is 2.30. The van der Waals surface area contributed by atoms with E-state index in [0.29, 0.717) is 5.56 Å². The van der Waals surface area contributed by atoms with E-state index in [2.05, 4.69) is 4.90 Å². The molecule has 2 rings (SSSR count). The quantitative estimate of drug-likeness (QED) is 0.851. The molecule has 0 amide bonds. The highest BCUT2D eigenvalue weighted by molar-refractivity contribution is 5.94. The van der Waals surface area contributed by atoms with Crippen LogP contribution in [-0.2, 0) is 4.74 Å². The summed E-state index contributed by atoms with van der Waals surface area (Å²) in [7, 11) is 0. The molecule has 0 aliphatic carbocycles. The van der Waals surface area contributed by atoms with Gasteiger partial charge in [0.15, 0.2) is 0 Å². The van der Waals surface area contributed by atoms with Crippen LogP contribution < -0.4 is 4.90 Å². The molecule has 1 fully saturated rings. The molecular weight excluding hydrogens is 218 g/mol. The number of benzene rings is 1. The summed E-state index contributed by atoms with van der Waals surface area (Å²) in [6.45, 7) is 5.47. The van der Waals surface area contributed by atoms with Crippen molar-refractivity contribution in [1.29, 1.82) is 0 Å². The topological polar surface area (TPSA) is 49.8 Å². The van der Waals surface area contributed by atoms with Crippen molar-refractivity contribution in [2.75, 3.05) is 18.0 Å². The second-order valence-electron chi connectivity index (χ2n) is 4.48. The Hall–Kier alpha value is -1.55. The van der Waals surface area contributed by atoms with Crippen molar-refractivity contribution >= 4 is 11.7 Å². The molecule has 1 aromatic rings. The molecule has 1 heterocycles. The summed E-state index contributed by atoms with van der Waals surface area (Å²) >= 11 is 0. The summed E-state index contributed by atoms with van der Waals surface area (Å²) in [6.07, 6.45) is 0.251. The molecule has 4 heteroatoms. The van der Waals surface area contributed by atoms with Gasteiger partial charge in [-0.25, -0.2) is 4.79 Å². The van der Waals surface area contributed by atoms with Gasteiger partial charge in [0.2, 0.25) is 0 Å². The normalized spacial score (nSPS) is 24.7. The van der Waals surface area contributed by atoms with Crippen LogP contribution in [0.5, 0.6) is 0 Å². The molecule has 0 aromatic heterocycles. The zero-order valence-corrected chi connectivity index (χ0v) is 10.1. The molecule has 0 bridgehead atoms. The first-order chi connectivity index (χ1) is 8.08. The van der Waals surface area contributed by atoms with Crippen molar-refractivity contribution in [3.8, 4) is 0 Å². The first kappa shape index (κ1) is 11.9. The summed E-state index contributed by atoms with van der Waals surface area (Å²) in [5, 5.41) is 9.17. The first-order valence-electron chi connectivity index (χ1n) is 5.80. The zero-order valence-electron chi connectivity index (χ0n) is 10.1. The lowest BCUT2D eigenvalue weighted by molar-refractivity contribution is -0.00531. The lowest BCUT2D eigenvalue weighted by Crippen LogP contribution is -2.46. The second kappa shape index (κ2) is 4.75. The monoisotopic (exact) mass is 235 g/mol. The number of para-hydroxylation sites is 1. The molecule has 1 aromatic carbocycles. The number of rotatable bonds is 2. The highest BCUT2D eigenvalue weighted by Gasteiger charge is 2.24. The van der Waals surface area contributed by atoms with Crippen LogP contribution in [0.4, 0.5) is 5.69 Å². The molecule has 1 saturated heterocycles. The molecule has 17 heavy (non-hydrogen) atoms. The van der Waals surface area contributed by atoms with E-state index in [-0.39, 0.29) is 12.2 Å². The Bertz CT molecular complexity index is 409. The molecule has 4 nitrogen and oxygen atoms in total. The van der Waals surface area contributed by atoms with Gasteiger partial charge in [0, 0.05) is 13.1 Å². The minimum absolute atomic E-state index is 0.126. The molecule has 0 unspecified atom stereocenters. The van der Waals surface area contributed by atoms with Crippen LogP contribution in [-0.4, -0.2) is 36.4 Å². The Balaban J connectivity index is 2.30. The summed E-state index contributed by atoms with van der Waals surface area (Å²) in [6, 6.07) is 7.11. The molecule has 0 spiro atoms. The smallest absolute Gasteiger partial charge is 0.337 e. The number of aromatic carboxylic acids is 1. The van der Waals surface area contributed by atoms with E-state index < -0.39 is 5.97 Å². The van der Waals surface area contributed by atoms with E-state index in [1.807, 2.05) is 26.0 Å². The fraction of sp³-hybridized carbons (Fsp3) is 0.462. The van der Waals surface area contributed by atoms with Gasteiger partial charge >= 0.3 is 5.97 Å². The van der Waals surface area contributed by atoms with Crippen LogP contribution in [0.25, 0.3) is 0 Å². The predicted octanol–water partition coefficient (Wildman–Crippen LogP) is 2.00. The van der Waals surface area contributed by atoms with Crippen LogP contribution >= 0.6 is 0 Å². The van der Waals surface area contributed by atoms with E-state index >= 15 is 0 Å². The third-order valence-corrected chi connectivity index (χ3v) is 2.89. The number of hydrogen-bond donors (Lipinski definition) is 1. The van der Waals surface area contributed by atoms with Gasteiger partial charge in [0.1, 0.15) is 0 Å². The average Bonchev–Trinajstić information content (AvgIpc) is 2.27. The first-order valence-corrected chi connectivity index (χ1v) is 5.80. The summed E-state index contributed by atoms with van der Waals surface area (Å²) in [5.74, 6) is -0.882. The largest absolute Gasteiger partial charge is 0.478 e. The van der Waals surface area contributed by atoms with Crippen LogP contribution in [0, 0.1) is 0 Å². The minimum Gasteiger partial charge on any atom is -0.478 e. The van der Waals surface area contributed by atoms with Gasteiger partial charge in [-0.15, -0.1) is 0 Å². The lowest BCUT2D eigenvalue weighted by Gasteiger charge is -2.37. The number of nitrogens with zero attached hydrogens (tertiary/aromatic N) is 1. The maximum atomic E-state index is 11.2. The van der Waals surface area contributed by atoms with E-state index in [4.69, 9.17) is 4.74 Å². The molecular formula is C13H17NO3. The van der Waals surface area contributed by atoms with Crippen LogP contribution in [0.3, 0.4) is 0 Å². The molecule has 0 radical (unpaired) electrons. The van der Waals surface area contributed by atoms with Crippen LogP contribution in [0.2, 0.25) is 0 Å². The molecule has 1 N–H and O–H groups in total. The Morgan fingerprint density at radius 1 is 1.29 bits per heavy atom. The van der Waals surface area contributed by atoms with Crippen LogP contribution in [0.15, 0.2) is 24.3 Å². The van der Waals surface area contributed by atoms with Gasteiger partial charge in [-0.05, 0) is 26.0 Å². The maximum Gasteiger partial charge on any atom is 0.337 e. The van der Waals surface area contributed by atoms with Gasteiger partial charge in [-0.3, -0.25) is 0 Å². The lowest BCUT2D eigenvalue weighted by atomic mass is 10.1. The Kier molecular flexibility index (Phi) is 3.33. The van der Waals surface area contributed by atoms with Crippen molar-refractivity contribution in [1.82, 2.24) is 0 Å². The highest BCUT2D eigenvalue weighted by atomic mass is 16.5. The third kappa shape index (κ3) is 2.58. The van der Waals surface area contributed by atoms with Crippen molar-refractivity contribution in [2.24, 2.45) is 0 Å². The van der Waals surface area contributed by atoms with Gasteiger partial charge in [-0.1, -0.05) is 12.1 Å². The van der Waals surface area contributed by atoms with E-state index in [1.165, 1.54) is 0 Å². The number of morpholine rings is 1. The molecule has 1 aliphatic heterocycles. The van der Waals surface area contributed by atoms with E-state index in [1.54, 1.807) is 12.1 Å². The standard InChI is InChI=1S/C13H17NO3/c1-9-7-14(8-10(2)17-9)12-6-4-3-5-11(12)13(15)16/h3-6,9-10H,7-8H2,1-2H3,(H,15,16)/t9-,10-/m1/s1. The number of ether oxygens (including phenoxy) is 1. The van der Waals surface area contributed by atoms with Gasteiger partial charge in [0.05, 0.1) is 23.5 Å². The predicted molar refractivity (Wildman–Crippen MR) is 65.6 cm³/mol. The molecule has 0 saturated carbocycles. The van der Waals surface area contributed by atoms with Crippen molar-refractivity contribution < 1.29 is 14.6 Å². The van der Waals surface area contributed by atoms with Crippen molar-refractivity contribution in [3.05, 3.63) is 29.8 Å². The van der Waals surface area contributed by atoms with Gasteiger partial charge in [0.25, 0.3) is 0 Å². The van der Waals surface area contributed by atoms with Crippen molar-refractivity contribution in [2.45, 2.75) is 26.1 Å². The number of anilines is 1. The number of hydrogen-bond acceptors (Lipinski definition) is 3. The third-order valence-electron chi connectivity index (χ3n) is 2.89. The molecule has 2 atom stereocenters. The summed E-state index contributed by atoms with van der Waals surface area (Å²) < 4.78 is 5.65. The summed E-state index contributed by atoms with van der Waals surface area (Å²) in [5.41, 5.74) is 1.14. The summed E-state index contributed by atoms with van der Waals surface area (Å²) in [4.78, 5) is 13.3. The Morgan fingerprint density at radius 3 is 2.47 bits per heavy atom. The Morgan fingerprint density at radius 2 is 1.88 bits per heavy atom. The number of carboxylic acid groups (broad SMARTS) is 1. The molecule has 92 valence electrons. The zero-order chi connectivity index (χ0) is 12.4. The number of carbonyl (C=O) groups is 1. The minimum atomic E-state index is -0.882. The average molecular weight is 235 g/mol. The second-order valence-corrected chi connectivity index (χ2v) is 4.48. The van der Waals surface area contributed by atoms with E-state index in [0.717, 1.165) is 18.8 Å². The highest BCUT2D eigenvalue weighted by Crippen LogP contribution is 2.24. The van der Waals surface area contributed by atoms with E-state index in [9.17, 15) is 9.90 Å². The van der Waals surface area contributed by atoms with Gasteiger partial charge in [-0.2, -0.15) is 0 Å². The SMILES string of the molecule is C[C@@H]1CN(c2ccccc2C(=O)O)C[C@@H](C)O1. The Labute approximate surface area is 101 Å².